The summed E-state index contributed by atoms with van der Waals surface area (Å²) in [6, 6.07) is 5.49. The number of aliphatic hydroxyl groups is 1. The molecule has 0 spiro atoms. The van der Waals surface area contributed by atoms with Gasteiger partial charge in [0.25, 0.3) is 10.0 Å². The maximum Gasteiger partial charge on any atom is 0.343 e. The number of sulfonamides is 1. The highest BCUT2D eigenvalue weighted by Gasteiger charge is 2.42. The second-order valence-electron chi connectivity index (χ2n) is 6.33. The Kier molecular flexibility index (Phi) is 4.31. The van der Waals surface area contributed by atoms with E-state index in [1.54, 1.807) is 17.1 Å². The van der Waals surface area contributed by atoms with E-state index in [4.69, 9.17) is 0 Å². The molecule has 1 aliphatic carbocycles. The van der Waals surface area contributed by atoms with E-state index in [0.717, 1.165) is 18.4 Å². The largest absolute Gasteiger partial charge is 0.393 e. The number of aliphatic hydroxyl groups excluding tert-OH is 1. The molecule has 2 amide bonds. The number of carbonyl (C=O) groups excluding carboxylic acids is 1. The summed E-state index contributed by atoms with van der Waals surface area (Å²) in [6.45, 7) is 3.04. The highest BCUT2D eigenvalue weighted by Crippen LogP contribution is 2.37. The van der Waals surface area contributed by atoms with Gasteiger partial charge in [0.05, 0.1) is 11.0 Å². The second kappa shape index (κ2) is 6.10. The maximum absolute atomic E-state index is 12.1. The zero-order chi connectivity index (χ0) is 16.6. The van der Waals surface area contributed by atoms with Gasteiger partial charge in [-0.25, -0.2) is 22.9 Å². The second-order valence-corrected chi connectivity index (χ2v) is 8.02. The Hall–Kier alpha value is -1.64. The van der Waals surface area contributed by atoms with Crippen LogP contribution < -0.4 is 10.1 Å². The summed E-state index contributed by atoms with van der Waals surface area (Å²) in [6.07, 6.45) is 1.41. The van der Waals surface area contributed by atoms with Crippen LogP contribution in [0.2, 0.25) is 0 Å². The van der Waals surface area contributed by atoms with Crippen LogP contribution in [0.1, 0.15) is 18.4 Å². The first-order chi connectivity index (χ1) is 10.8. The molecular formula is C15H21N3O4S. The molecule has 0 unspecified atom stereocenters. The zero-order valence-electron chi connectivity index (χ0n) is 12.9. The Morgan fingerprint density at radius 2 is 1.91 bits per heavy atom. The van der Waals surface area contributed by atoms with Gasteiger partial charge in [0.2, 0.25) is 0 Å². The van der Waals surface area contributed by atoms with Crippen molar-refractivity contribution >= 4 is 16.1 Å². The van der Waals surface area contributed by atoms with E-state index in [1.807, 2.05) is 11.6 Å². The third-order valence-electron chi connectivity index (χ3n) is 4.64. The van der Waals surface area contributed by atoms with Crippen molar-refractivity contribution in [2.24, 2.45) is 11.8 Å². The van der Waals surface area contributed by atoms with Gasteiger partial charge in [-0.15, -0.1) is 0 Å². The van der Waals surface area contributed by atoms with Crippen LogP contribution in [-0.4, -0.2) is 43.8 Å². The van der Waals surface area contributed by atoms with Crippen molar-refractivity contribution in [3.63, 3.8) is 0 Å². The van der Waals surface area contributed by atoms with Crippen LogP contribution >= 0.6 is 0 Å². The molecule has 23 heavy (non-hydrogen) atoms. The minimum Gasteiger partial charge on any atom is -0.393 e. The lowest BCUT2D eigenvalue weighted by Gasteiger charge is -2.19. The van der Waals surface area contributed by atoms with Gasteiger partial charge < -0.3 is 5.11 Å². The number of aryl methyl sites for hydroxylation is 1. The number of rotatable bonds is 3. The lowest BCUT2D eigenvalue weighted by atomic mass is 10.00. The molecule has 1 aromatic rings. The predicted molar refractivity (Wildman–Crippen MR) is 83.8 cm³/mol. The summed E-state index contributed by atoms with van der Waals surface area (Å²) in [4.78, 5) is 12.0. The fourth-order valence-electron chi connectivity index (χ4n) is 3.39. The van der Waals surface area contributed by atoms with Gasteiger partial charge in [-0.05, 0) is 37.8 Å². The van der Waals surface area contributed by atoms with Gasteiger partial charge in [-0.2, -0.15) is 0 Å². The summed E-state index contributed by atoms with van der Waals surface area (Å²) < 4.78 is 26.3. The molecule has 3 atom stereocenters. The minimum absolute atomic E-state index is 0.0481. The molecule has 126 valence electrons. The van der Waals surface area contributed by atoms with Gasteiger partial charge >= 0.3 is 6.03 Å². The number of fused-ring (bicyclic) bond motifs is 1. The summed E-state index contributed by atoms with van der Waals surface area (Å²) in [5.74, 6) is 0.517. The highest BCUT2D eigenvalue weighted by molar-refractivity contribution is 7.90. The van der Waals surface area contributed by atoms with Crippen molar-refractivity contribution in [1.82, 2.24) is 15.2 Å². The van der Waals surface area contributed by atoms with Crippen LogP contribution in [0.3, 0.4) is 0 Å². The van der Waals surface area contributed by atoms with E-state index >= 15 is 0 Å². The average molecular weight is 339 g/mol. The average Bonchev–Trinajstić information content (AvgIpc) is 3.01. The summed E-state index contributed by atoms with van der Waals surface area (Å²) >= 11 is 0. The van der Waals surface area contributed by atoms with Crippen LogP contribution in [0.25, 0.3) is 0 Å². The first-order valence-corrected chi connectivity index (χ1v) is 9.16. The molecule has 0 bridgehead atoms. The van der Waals surface area contributed by atoms with E-state index in [9.17, 15) is 18.3 Å². The molecule has 1 heterocycles. The molecule has 1 saturated carbocycles. The number of hydrazine groups is 1. The van der Waals surface area contributed by atoms with Gasteiger partial charge in [0.15, 0.2) is 0 Å². The zero-order valence-corrected chi connectivity index (χ0v) is 13.7. The number of hydrogen-bond donors (Lipinski definition) is 3. The lowest BCUT2D eigenvalue weighted by molar-refractivity contribution is 0.118. The SMILES string of the molecule is Cc1ccc(S(=O)(=O)NC(=O)NN2C[C@H]3CC[C@H](O)[C@H]3C2)cc1. The molecule has 0 radical (unpaired) electrons. The topological polar surface area (TPSA) is 98.7 Å². The smallest absolute Gasteiger partial charge is 0.343 e. The normalized spacial score (nSPS) is 27.7. The van der Waals surface area contributed by atoms with Crippen LogP contribution in [0.5, 0.6) is 0 Å². The number of hydrogen-bond acceptors (Lipinski definition) is 5. The van der Waals surface area contributed by atoms with Gasteiger partial charge in [0, 0.05) is 19.0 Å². The molecule has 8 heteroatoms. The van der Waals surface area contributed by atoms with Gasteiger partial charge in [-0.1, -0.05) is 17.7 Å². The van der Waals surface area contributed by atoms with Crippen LogP contribution in [-0.2, 0) is 10.0 Å². The van der Waals surface area contributed by atoms with E-state index < -0.39 is 16.1 Å². The highest BCUT2D eigenvalue weighted by atomic mass is 32.2. The molecule has 7 nitrogen and oxygen atoms in total. The minimum atomic E-state index is -3.89. The third kappa shape index (κ3) is 3.49. The molecule has 2 fully saturated rings. The van der Waals surface area contributed by atoms with Crippen molar-refractivity contribution in [1.29, 1.82) is 0 Å². The Labute approximate surface area is 135 Å². The molecular weight excluding hydrogens is 318 g/mol. The molecule has 0 aromatic heterocycles. The lowest BCUT2D eigenvalue weighted by Crippen LogP contribution is -2.48. The molecule has 3 rings (SSSR count). The fourth-order valence-corrected chi connectivity index (χ4v) is 4.29. The van der Waals surface area contributed by atoms with E-state index in [0.29, 0.717) is 19.0 Å². The fraction of sp³-hybridized carbons (Fsp3) is 0.533. The summed E-state index contributed by atoms with van der Waals surface area (Å²) in [5, 5.41) is 11.5. The van der Waals surface area contributed by atoms with Crippen LogP contribution in [0, 0.1) is 18.8 Å². The first kappa shape index (κ1) is 16.2. The molecule has 3 N–H and O–H groups in total. The Bertz CT molecular complexity index is 689. The van der Waals surface area contributed by atoms with Crippen molar-refractivity contribution in [3.8, 4) is 0 Å². The molecule has 1 saturated heterocycles. The number of benzene rings is 1. The standard InChI is InChI=1S/C15H21N3O4S/c1-10-2-5-12(6-3-10)23(21,22)17-15(20)16-18-8-11-4-7-14(19)13(11)9-18/h2-3,5-6,11,13-14,19H,4,7-9H2,1H3,(H2,16,17,20)/t11-,13+,14+/m1/s1. The Balaban J connectivity index is 1.58. The van der Waals surface area contributed by atoms with Gasteiger partial charge in [0.1, 0.15) is 0 Å². The Morgan fingerprint density at radius 3 is 2.57 bits per heavy atom. The Morgan fingerprint density at radius 1 is 1.22 bits per heavy atom. The molecule has 2 aliphatic rings. The first-order valence-electron chi connectivity index (χ1n) is 7.68. The number of urea groups is 1. The van der Waals surface area contributed by atoms with Crippen molar-refractivity contribution in [2.75, 3.05) is 13.1 Å². The molecule has 1 aromatic carbocycles. The van der Waals surface area contributed by atoms with Crippen molar-refractivity contribution in [2.45, 2.75) is 30.8 Å². The van der Waals surface area contributed by atoms with Crippen LogP contribution in [0.15, 0.2) is 29.2 Å². The van der Waals surface area contributed by atoms with E-state index in [2.05, 4.69) is 5.43 Å². The van der Waals surface area contributed by atoms with Crippen LogP contribution in [0.4, 0.5) is 4.79 Å². The quantitative estimate of drug-likeness (QED) is 0.749. The maximum atomic E-state index is 12.1. The number of amides is 2. The van der Waals surface area contributed by atoms with Crippen molar-refractivity contribution < 1.29 is 18.3 Å². The van der Waals surface area contributed by atoms with E-state index in [1.165, 1.54) is 12.1 Å². The van der Waals surface area contributed by atoms with Crippen molar-refractivity contribution in [3.05, 3.63) is 29.8 Å². The third-order valence-corrected chi connectivity index (χ3v) is 5.98. The number of carbonyl (C=O) groups is 1. The predicted octanol–water partition coefficient (Wildman–Crippen LogP) is 0.601. The van der Waals surface area contributed by atoms with Gasteiger partial charge in [-0.3, -0.25) is 5.43 Å². The summed E-state index contributed by atoms with van der Waals surface area (Å²) in [7, 11) is -3.89. The number of nitrogens with one attached hydrogen (secondary N) is 2. The molecule has 1 aliphatic heterocycles. The monoisotopic (exact) mass is 339 g/mol. The summed E-state index contributed by atoms with van der Waals surface area (Å²) in [5.41, 5.74) is 3.50. The number of nitrogens with zero attached hydrogens (tertiary/aromatic N) is 1. The van der Waals surface area contributed by atoms with E-state index in [-0.39, 0.29) is 16.9 Å².